The van der Waals surface area contributed by atoms with Crippen LogP contribution in [0.4, 0.5) is 0 Å². The molecule has 0 bridgehead atoms. The van der Waals surface area contributed by atoms with E-state index in [1.807, 2.05) is 0 Å². The van der Waals surface area contributed by atoms with Crippen molar-refractivity contribution in [3.8, 4) is 5.75 Å². The number of ether oxygens (including phenoxy) is 1. The van der Waals surface area contributed by atoms with Crippen molar-refractivity contribution in [1.29, 1.82) is 0 Å². The summed E-state index contributed by atoms with van der Waals surface area (Å²) < 4.78 is 7.31. The second kappa shape index (κ2) is 4.20. The number of benzene rings is 1. The fourth-order valence-corrected chi connectivity index (χ4v) is 3.05. The molecule has 2 aromatic rings. The van der Waals surface area contributed by atoms with Crippen LogP contribution in [-0.4, -0.2) is 20.6 Å². The molecule has 0 fully saturated rings. The third kappa shape index (κ3) is 1.87. The first-order valence-corrected chi connectivity index (χ1v) is 6.78. The molecule has 2 heteroatoms. The Labute approximate surface area is 90.4 Å². The van der Waals surface area contributed by atoms with E-state index in [1.165, 1.54) is 9.65 Å². The third-order valence-corrected chi connectivity index (χ3v) is 4.21. The predicted octanol–water partition coefficient (Wildman–Crippen LogP) is 3.07. The van der Waals surface area contributed by atoms with Crippen molar-refractivity contribution in [2.45, 2.75) is 26.4 Å². The van der Waals surface area contributed by atoms with E-state index in [4.69, 9.17) is 4.74 Å². The van der Waals surface area contributed by atoms with E-state index in [1.54, 1.807) is 0 Å². The van der Waals surface area contributed by atoms with Crippen LogP contribution < -0.4 is 4.74 Å². The SMILES string of the molecule is CCC(C)Oc1cccc2[se]ccc12. The summed E-state index contributed by atoms with van der Waals surface area (Å²) in [6, 6.07) is 8.54. The molecule has 1 aromatic heterocycles. The van der Waals surface area contributed by atoms with Crippen molar-refractivity contribution in [3.63, 3.8) is 0 Å². The Morgan fingerprint density at radius 3 is 3.00 bits per heavy atom. The molecule has 2 rings (SSSR count). The second-order valence-corrected chi connectivity index (χ2v) is 5.41. The van der Waals surface area contributed by atoms with Crippen LogP contribution >= 0.6 is 0 Å². The van der Waals surface area contributed by atoms with Crippen molar-refractivity contribution in [2.24, 2.45) is 0 Å². The van der Waals surface area contributed by atoms with E-state index in [2.05, 4.69) is 43.1 Å². The van der Waals surface area contributed by atoms with E-state index in [-0.39, 0.29) is 0 Å². The van der Waals surface area contributed by atoms with Gasteiger partial charge in [-0.05, 0) is 0 Å². The summed E-state index contributed by atoms with van der Waals surface area (Å²) in [7, 11) is 0. The van der Waals surface area contributed by atoms with Gasteiger partial charge in [0.25, 0.3) is 0 Å². The average molecular weight is 253 g/mol. The molecule has 1 nitrogen and oxygen atoms in total. The number of rotatable bonds is 3. The number of hydrogen-bond donors (Lipinski definition) is 0. The molecule has 0 spiro atoms. The molecular formula is C12H14OSe. The van der Waals surface area contributed by atoms with Crippen LogP contribution in [0, 0.1) is 0 Å². The van der Waals surface area contributed by atoms with Crippen molar-refractivity contribution < 1.29 is 4.74 Å². The van der Waals surface area contributed by atoms with Gasteiger partial charge in [0.1, 0.15) is 0 Å². The van der Waals surface area contributed by atoms with Crippen LogP contribution in [0.15, 0.2) is 29.2 Å². The molecule has 74 valence electrons. The Kier molecular flexibility index (Phi) is 2.95. The monoisotopic (exact) mass is 254 g/mol. The summed E-state index contributed by atoms with van der Waals surface area (Å²) in [6.45, 7) is 4.26. The summed E-state index contributed by atoms with van der Waals surface area (Å²) in [5, 5.41) is 1.30. The predicted molar refractivity (Wildman–Crippen MR) is 61.3 cm³/mol. The zero-order chi connectivity index (χ0) is 9.97. The first kappa shape index (κ1) is 9.82. The standard InChI is InChI=1S/C12H14OSe/c1-3-9(2)13-11-5-4-6-12-10(11)7-8-14-12/h4-9H,3H2,1-2H3. The van der Waals surface area contributed by atoms with Crippen LogP contribution in [0.2, 0.25) is 0 Å². The molecule has 14 heavy (non-hydrogen) atoms. The van der Waals surface area contributed by atoms with Crippen LogP contribution in [0.5, 0.6) is 5.75 Å². The molecule has 0 saturated heterocycles. The number of hydrogen-bond acceptors (Lipinski definition) is 1. The van der Waals surface area contributed by atoms with Gasteiger partial charge in [-0.25, -0.2) is 0 Å². The van der Waals surface area contributed by atoms with E-state index in [9.17, 15) is 0 Å². The average Bonchev–Trinajstić information content (AvgIpc) is 2.66. The van der Waals surface area contributed by atoms with Gasteiger partial charge in [0.2, 0.25) is 0 Å². The maximum atomic E-state index is 5.87. The molecule has 0 radical (unpaired) electrons. The van der Waals surface area contributed by atoms with Gasteiger partial charge in [0.15, 0.2) is 0 Å². The van der Waals surface area contributed by atoms with Gasteiger partial charge in [-0.2, -0.15) is 0 Å². The zero-order valence-corrected chi connectivity index (χ0v) is 10.2. The van der Waals surface area contributed by atoms with Gasteiger partial charge in [-0.1, -0.05) is 0 Å². The Bertz CT molecular complexity index is 419. The first-order valence-electron chi connectivity index (χ1n) is 4.94. The van der Waals surface area contributed by atoms with Gasteiger partial charge in [-0.3, -0.25) is 0 Å². The van der Waals surface area contributed by atoms with Gasteiger partial charge >= 0.3 is 90.2 Å². The normalized spacial score (nSPS) is 13.0. The maximum absolute atomic E-state index is 5.87. The Morgan fingerprint density at radius 1 is 1.36 bits per heavy atom. The first-order chi connectivity index (χ1) is 6.81. The van der Waals surface area contributed by atoms with Crippen molar-refractivity contribution in [2.75, 3.05) is 0 Å². The molecule has 1 atom stereocenters. The fraction of sp³-hybridized carbons (Fsp3) is 0.333. The molecule has 1 heterocycles. The molecular weight excluding hydrogens is 239 g/mol. The van der Waals surface area contributed by atoms with Crippen molar-refractivity contribution >= 4 is 24.1 Å². The van der Waals surface area contributed by atoms with Crippen LogP contribution in [-0.2, 0) is 0 Å². The molecule has 0 aliphatic carbocycles. The second-order valence-electron chi connectivity index (χ2n) is 3.43. The van der Waals surface area contributed by atoms with Gasteiger partial charge in [-0.15, -0.1) is 0 Å². The topological polar surface area (TPSA) is 9.23 Å². The molecule has 0 aliphatic rings. The van der Waals surface area contributed by atoms with E-state index in [0.717, 1.165) is 12.2 Å². The summed E-state index contributed by atoms with van der Waals surface area (Å²) in [5.74, 6) is 1.05. The molecule has 1 aromatic carbocycles. The minimum absolute atomic E-state index is 0.308. The quantitative estimate of drug-likeness (QED) is 0.764. The van der Waals surface area contributed by atoms with E-state index < -0.39 is 0 Å². The Morgan fingerprint density at radius 2 is 2.21 bits per heavy atom. The molecule has 1 unspecified atom stereocenters. The van der Waals surface area contributed by atoms with Gasteiger partial charge in [0.05, 0.1) is 0 Å². The Balaban J connectivity index is 2.36. The third-order valence-electron chi connectivity index (χ3n) is 2.36. The molecule has 0 aliphatic heterocycles. The van der Waals surface area contributed by atoms with Crippen LogP contribution in [0.25, 0.3) is 9.65 Å². The van der Waals surface area contributed by atoms with Crippen LogP contribution in [0.1, 0.15) is 20.3 Å². The fourth-order valence-electron chi connectivity index (χ4n) is 1.37. The molecule has 0 amide bonds. The van der Waals surface area contributed by atoms with Crippen molar-refractivity contribution in [3.05, 3.63) is 29.2 Å². The summed E-state index contributed by atoms with van der Waals surface area (Å²) >= 11 is 0.518. The summed E-state index contributed by atoms with van der Waals surface area (Å²) in [4.78, 5) is 2.25. The summed E-state index contributed by atoms with van der Waals surface area (Å²) in [5.41, 5.74) is 0. The molecule has 0 N–H and O–H groups in total. The van der Waals surface area contributed by atoms with Crippen molar-refractivity contribution in [1.82, 2.24) is 0 Å². The Hall–Kier alpha value is -0.721. The zero-order valence-electron chi connectivity index (χ0n) is 8.49. The summed E-state index contributed by atoms with van der Waals surface area (Å²) in [6.07, 6.45) is 1.36. The van der Waals surface area contributed by atoms with Crippen LogP contribution in [0.3, 0.4) is 0 Å². The van der Waals surface area contributed by atoms with Gasteiger partial charge < -0.3 is 0 Å². The van der Waals surface area contributed by atoms with Gasteiger partial charge in [0, 0.05) is 0 Å². The molecule has 0 saturated carbocycles. The van der Waals surface area contributed by atoms with E-state index >= 15 is 0 Å². The number of fused-ring (bicyclic) bond motifs is 1. The minimum atomic E-state index is 0.308. The van der Waals surface area contributed by atoms with E-state index in [0.29, 0.717) is 20.6 Å².